The van der Waals surface area contributed by atoms with Crippen molar-refractivity contribution in [3.8, 4) is 0 Å². The maximum absolute atomic E-state index is 13.5. The van der Waals surface area contributed by atoms with Gasteiger partial charge in [0.15, 0.2) is 0 Å². The van der Waals surface area contributed by atoms with Crippen LogP contribution in [0.1, 0.15) is 22.8 Å². The molecule has 6 nitrogen and oxygen atoms in total. The minimum Gasteiger partial charge on any atom is -0.360 e. The number of amides is 2. The van der Waals surface area contributed by atoms with E-state index in [1.807, 2.05) is 0 Å². The van der Waals surface area contributed by atoms with E-state index >= 15 is 0 Å². The van der Waals surface area contributed by atoms with Gasteiger partial charge in [-0.15, -0.1) is 0 Å². The van der Waals surface area contributed by atoms with Gasteiger partial charge < -0.3 is 10.3 Å². The monoisotopic (exact) mass is 488 g/mol. The van der Waals surface area contributed by atoms with Crippen LogP contribution in [0.4, 0.5) is 36.4 Å². The number of hydrazone groups is 1. The summed E-state index contributed by atoms with van der Waals surface area (Å²) in [5.74, 6) is -16.0. The summed E-state index contributed by atoms with van der Waals surface area (Å²) in [6.07, 6.45) is -5.17. The van der Waals surface area contributed by atoms with Crippen LogP contribution in [0.15, 0.2) is 59.8 Å². The van der Waals surface area contributed by atoms with Crippen LogP contribution in [-0.2, 0) is 4.79 Å². The number of aromatic amines is 1. The number of alkyl halides is 7. The van der Waals surface area contributed by atoms with Crippen LogP contribution in [0.2, 0.25) is 0 Å². The summed E-state index contributed by atoms with van der Waals surface area (Å²) in [7, 11) is 0. The van der Waals surface area contributed by atoms with Gasteiger partial charge in [-0.1, -0.05) is 30.3 Å². The predicted octanol–water partition coefficient (Wildman–Crippen LogP) is 5.09. The first-order valence-corrected chi connectivity index (χ1v) is 9.40. The van der Waals surface area contributed by atoms with Crippen molar-refractivity contribution < 1.29 is 40.3 Å². The van der Waals surface area contributed by atoms with E-state index in [9.17, 15) is 40.3 Å². The Balaban J connectivity index is 1.75. The molecule has 0 atom stereocenters. The molecule has 0 saturated carbocycles. The SMILES string of the molecule is CC(=NNC(=O)c1c[nH]c2ccccc12)c1cccc(NC(=O)C(F)(F)C(F)(F)C(F)(F)F)c1. The Hall–Kier alpha value is -3.90. The first-order chi connectivity index (χ1) is 15.8. The van der Waals surface area contributed by atoms with Gasteiger partial charge in [0.25, 0.3) is 5.91 Å². The highest BCUT2D eigenvalue weighted by Crippen LogP contribution is 2.46. The Morgan fingerprint density at radius 3 is 2.29 bits per heavy atom. The number of hydrogen-bond acceptors (Lipinski definition) is 3. The van der Waals surface area contributed by atoms with Gasteiger partial charge in [-0.05, 0) is 30.7 Å². The second kappa shape index (κ2) is 8.80. The first kappa shape index (κ1) is 24.7. The summed E-state index contributed by atoms with van der Waals surface area (Å²) in [5, 5.41) is 5.85. The third-order valence-corrected chi connectivity index (χ3v) is 4.73. The maximum Gasteiger partial charge on any atom is 0.460 e. The highest BCUT2D eigenvalue weighted by atomic mass is 19.4. The second-order valence-corrected chi connectivity index (χ2v) is 7.07. The predicted molar refractivity (Wildman–Crippen MR) is 109 cm³/mol. The number of nitrogens with zero attached hydrogens (tertiary/aromatic N) is 1. The minimum atomic E-state index is -6.64. The van der Waals surface area contributed by atoms with Crippen LogP contribution in [0, 0.1) is 0 Å². The van der Waals surface area contributed by atoms with E-state index in [4.69, 9.17) is 0 Å². The average molecular weight is 488 g/mol. The molecule has 0 saturated heterocycles. The molecule has 0 spiro atoms. The van der Waals surface area contributed by atoms with Crippen LogP contribution in [0.5, 0.6) is 0 Å². The molecule has 2 amide bonds. The van der Waals surface area contributed by atoms with E-state index in [1.165, 1.54) is 30.6 Å². The van der Waals surface area contributed by atoms with E-state index < -0.39 is 35.5 Å². The van der Waals surface area contributed by atoms with Crippen molar-refractivity contribution in [3.05, 3.63) is 65.9 Å². The number of carbonyl (C=O) groups is 2. The Kier molecular flexibility index (Phi) is 6.40. The summed E-state index contributed by atoms with van der Waals surface area (Å²) >= 11 is 0. The molecule has 1 heterocycles. The van der Waals surface area contributed by atoms with Gasteiger partial charge >= 0.3 is 23.9 Å². The van der Waals surface area contributed by atoms with Crippen molar-refractivity contribution in [2.45, 2.75) is 24.9 Å². The molecular weight excluding hydrogens is 473 g/mol. The van der Waals surface area contributed by atoms with Gasteiger partial charge in [-0.25, -0.2) is 5.43 Å². The number of hydrogen-bond donors (Lipinski definition) is 3. The second-order valence-electron chi connectivity index (χ2n) is 7.07. The molecule has 13 heteroatoms. The Morgan fingerprint density at radius 1 is 0.941 bits per heavy atom. The lowest BCUT2D eigenvalue weighted by molar-refractivity contribution is -0.343. The zero-order chi connectivity index (χ0) is 25.3. The van der Waals surface area contributed by atoms with Crippen LogP contribution >= 0.6 is 0 Å². The molecule has 180 valence electrons. The Labute approximate surface area is 186 Å². The van der Waals surface area contributed by atoms with Crippen molar-refractivity contribution in [2.24, 2.45) is 5.10 Å². The van der Waals surface area contributed by atoms with E-state index in [1.54, 1.807) is 24.3 Å². The third-order valence-electron chi connectivity index (χ3n) is 4.73. The van der Waals surface area contributed by atoms with E-state index in [-0.39, 0.29) is 11.3 Å². The molecule has 2 aromatic carbocycles. The van der Waals surface area contributed by atoms with Gasteiger partial charge in [0, 0.05) is 22.8 Å². The van der Waals surface area contributed by atoms with E-state index in [0.29, 0.717) is 16.5 Å². The third kappa shape index (κ3) is 4.58. The van der Waals surface area contributed by atoms with Crippen LogP contribution in [-0.4, -0.2) is 40.5 Å². The Morgan fingerprint density at radius 2 is 1.62 bits per heavy atom. The standard InChI is InChI=1S/C21H15F7N4O2/c1-11(31-32-17(33)15-10-29-16-8-3-2-7-14(15)16)12-5-4-6-13(9-12)30-18(34)19(22,23)20(24,25)21(26,27)28/h2-10,29H,1H3,(H,30,34)(H,32,33). The molecule has 0 unspecified atom stereocenters. The molecule has 34 heavy (non-hydrogen) atoms. The number of carbonyl (C=O) groups excluding carboxylic acids is 2. The summed E-state index contributed by atoms with van der Waals surface area (Å²) in [4.78, 5) is 26.9. The van der Waals surface area contributed by atoms with Crippen molar-refractivity contribution in [3.63, 3.8) is 0 Å². The van der Waals surface area contributed by atoms with Crippen LogP contribution < -0.4 is 10.7 Å². The molecule has 0 aliphatic rings. The van der Waals surface area contributed by atoms with Crippen molar-refractivity contribution in [2.75, 3.05) is 5.32 Å². The van der Waals surface area contributed by atoms with Gasteiger partial charge in [0.2, 0.25) is 0 Å². The minimum absolute atomic E-state index is 0.122. The zero-order valence-electron chi connectivity index (χ0n) is 17.1. The molecule has 0 radical (unpaired) electrons. The zero-order valence-corrected chi connectivity index (χ0v) is 17.1. The summed E-state index contributed by atoms with van der Waals surface area (Å²) < 4.78 is 90.0. The number of halogens is 7. The molecule has 0 bridgehead atoms. The summed E-state index contributed by atoms with van der Waals surface area (Å²) in [5.41, 5.74) is 3.09. The fraction of sp³-hybridized carbons (Fsp3) is 0.190. The van der Waals surface area contributed by atoms with Crippen molar-refractivity contribution in [1.29, 1.82) is 0 Å². The van der Waals surface area contributed by atoms with E-state index in [0.717, 1.165) is 12.1 Å². The van der Waals surface area contributed by atoms with E-state index in [2.05, 4.69) is 15.5 Å². The summed E-state index contributed by atoms with van der Waals surface area (Å²) in [6.45, 7) is 1.41. The van der Waals surface area contributed by atoms with Gasteiger partial charge in [0.05, 0.1) is 11.3 Å². The first-order valence-electron chi connectivity index (χ1n) is 9.40. The lowest BCUT2D eigenvalue weighted by Gasteiger charge is -2.27. The molecule has 1 aromatic heterocycles. The van der Waals surface area contributed by atoms with Crippen LogP contribution in [0.25, 0.3) is 10.9 Å². The fourth-order valence-corrected chi connectivity index (χ4v) is 2.87. The molecule has 0 aliphatic carbocycles. The highest BCUT2D eigenvalue weighted by Gasteiger charge is 2.76. The smallest absolute Gasteiger partial charge is 0.360 e. The van der Waals surface area contributed by atoms with Crippen LogP contribution in [0.3, 0.4) is 0 Å². The lowest BCUT2D eigenvalue weighted by atomic mass is 10.1. The van der Waals surface area contributed by atoms with Gasteiger partial charge in [-0.2, -0.15) is 35.8 Å². The largest absolute Gasteiger partial charge is 0.460 e. The van der Waals surface area contributed by atoms with Gasteiger partial charge in [0.1, 0.15) is 0 Å². The number of nitrogens with one attached hydrogen (secondary N) is 3. The van der Waals surface area contributed by atoms with Crippen molar-refractivity contribution in [1.82, 2.24) is 10.4 Å². The average Bonchev–Trinajstić information content (AvgIpc) is 3.20. The fourth-order valence-electron chi connectivity index (χ4n) is 2.87. The number of fused-ring (bicyclic) bond motifs is 1. The number of para-hydroxylation sites is 1. The number of anilines is 1. The molecule has 3 N–H and O–H groups in total. The number of aromatic nitrogens is 1. The number of benzene rings is 2. The normalized spacial score (nSPS) is 13.1. The van der Waals surface area contributed by atoms with Crippen molar-refractivity contribution >= 4 is 34.1 Å². The lowest BCUT2D eigenvalue weighted by Crippen LogP contribution is -2.57. The quantitative estimate of drug-likeness (QED) is 0.256. The molecular formula is C21H15F7N4O2. The molecule has 3 aromatic rings. The maximum atomic E-state index is 13.5. The summed E-state index contributed by atoms with van der Waals surface area (Å²) in [6, 6.07) is 11.6. The number of H-pyrrole nitrogens is 1. The molecule has 0 fully saturated rings. The molecule has 3 rings (SSSR count). The molecule has 0 aliphatic heterocycles. The van der Waals surface area contributed by atoms with Gasteiger partial charge in [-0.3, -0.25) is 9.59 Å². The Bertz CT molecular complexity index is 1270. The topological polar surface area (TPSA) is 86.3 Å². The highest BCUT2D eigenvalue weighted by molar-refractivity contribution is 6.08. The number of rotatable bonds is 6.